The van der Waals surface area contributed by atoms with E-state index in [0.29, 0.717) is 0 Å². The van der Waals surface area contributed by atoms with E-state index >= 15 is 0 Å². The molecule has 0 aliphatic carbocycles. The second-order valence-electron chi connectivity index (χ2n) is 3.83. The van der Waals surface area contributed by atoms with E-state index in [1.54, 1.807) is 0 Å². The molecule has 0 radical (unpaired) electrons. The molecular formula is C13H11NO6. The molecule has 0 unspecified atom stereocenters. The molecule has 0 amide bonds. The van der Waals surface area contributed by atoms with E-state index in [0.717, 1.165) is 14.2 Å². The van der Waals surface area contributed by atoms with Crippen LogP contribution in [0, 0.1) is 0 Å². The number of aromatic nitrogens is 1. The minimum Gasteiger partial charge on any atom is -0.506 e. The number of fused-ring (bicyclic) bond motifs is 1. The van der Waals surface area contributed by atoms with Crippen molar-refractivity contribution in [1.82, 2.24) is 4.98 Å². The van der Waals surface area contributed by atoms with E-state index < -0.39 is 34.6 Å². The number of phenols is 2. The molecule has 0 bridgehead atoms. The Morgan fingerprint density at radius 2 is 1.60 bits per heavy atom. The van der Waals surface area contributed by atoms with Crippen molar-refractivity contribution in [2.24, 2.45) is 0 Å². The first kappa shape index (κ1) is 13.6. The number of hydrogen-bond donors (Lipinski definition) is 2. The number of carbonyl (C=O) groups excluding carboxylic acids is 2. The van der Waals surface area contributed by atoms with Crippen LogP contribution in [0.4, 0.5) is 0 Å². The molecule has 0 atom stereocenters. The van der Waals surface area contributed by atoms with Crippen molar-refractivity contribution in [1.29, 1.82) is 0 Å². The predicted molar refractivity (Wildman–Crippen MR) is 67.8 cm³/mol. The molecule has 1 heterocycles. The second kappa shape index (κ2) is 5.04. The maximum Gasteiger partial charge on any atom is 0.342 e. The zero-order valence-electron chi connectivity index (χ0n) is 10.7. The van der Waals surface area contributed by atoms with Crippen LogP contribution in [-0.2, 0) is 9.47 Å². The molecule has 1 aromatic carbocycles. The highest BCUT2D eigenvalue weighted by molar-refractivity contribution is 6.13. The van der Waals surface area contributed by atoms with Crippen LogP contribution in [0.2, 0.25) is 0 Å². The molecule has 0 saturated heterocycles. The average Bonchev–Trinajstić information content (AvgIpc) is 2.49. The zero-order valence-corrected chi connectivity index (χ0v) is 10.7. The topological polar surface area (TPSA) is 106 Å². The van der Waals surface area contributed by atoms with Crippen molar-refractivity contribution in [3.8, 4) is 11.5 Å². The van der Waals surface area contributed by atoms with E-state index in [1.807, 2.05) is 0 Å². The van der Waals surface area contributed by atoms with Crippen molar-refractivity contribution in [2.45, 2.75) is 0 Å². The average molecular weight is 277 g/mol. The molecule has 0 aliphatic rings. The Kier molecular flexibility index (Phi) is 3.43. The number of carbonyl (C=O) groups is 2. The number of ether oxygens (including phenoxy) is 2. The zero-order chi connectivity index (χ0) is 14.9. The van der Waals surface area contributed by atoms with Crippen molar-refractivity contribution < 1.29 is 29.3 Å². The van der Waals surface area contributed by atoms with Crippen LogP contribution in [0.15, 0.2) is 18.3 Å². The number of aromatic hydroxyl groups is 2. The number of methoxy groups -OCH3 is 2. The Morgan fingerprint density at radius 1 is 1.05 bits per heavy atom. The van der Waals surface area contributed by atoms with Gasteiger partial charge in [0.15, 0.2) is 5.75 Å². The summed E-state index contributed by atoms with van der Waals surface area (Å²) in [5, 5.41) is 20.4. The first-order valence-electron chi connectivity index (χ1n) is 5.52. The predicted octanol–water partition coefficient (Wildman–Crippen LogP) is 1.22. The number of rotatable bonds is 2. The summed E-state index contributed by atoms with van der Waals surface area (Å²) in [5.74, 6) is -3.00. The van der Waals surface area contributed by atoms with Gasteiger partial charge in [-0.3, -0.25) is 4.98 Å². The largest absolute Gasteiger partial charge is 0.506 e. The fraction of sp³-hybridized carbons (Fsp3) is 0.154. The van der Waals surface area contributed by atoms with Crippen LogP contribution >= 0.6 is 0 Å². The Morgan fingerprint density at radius 3 is 2.15 bits per heavy atom. The molecular weight excluding hydrogens is 266 g/mol. The smallest absolute Gasteiger partial charge is 0.342 e. The van der Waals surface area contributed by atoms with E-state index in [1.165, 1.54) is 18.3 Å². The van der Waals surface area contributed by atoms with Crippen LogP contribution in [0.5, 0.6) is 11.5 Å². The normalized spacial score (nSPS) is 10.3. The van der Waals surface area contributed by atoms with Gasteiger partial charge in [-0.25, -0.2) is 9.59 Å². The summed E-state index contributed by atoms with van der Waals surface area (Å²) < 4.78 is 9.03. The molecule has 7 nitrogen and oxygen atoms in total. The number of hydrogen-bond acceptors (Lipinski definition) is 7. The van der Waals surface area contributed by atoms with Crippen LogP contribution in [-0.4, -0.2) is 41.4 Å². The molecule has 7 heteroatoms. The molecule has 2 rings (SSSR count). The summed E-state index contributed by atoms with van der Waals surface area (Å²) >= 11 is 0. The van der Waals surface area contributed by atoms with Gasteiger partial charge in [0, 0.05) is 11.6 Å². The Bertz CT molecular complexity index is 649. The van der Waals surface area contributed by atoms with Gasteiger partial charge in [-0.05, 0) is 12.1 Å². The van der Waals surface area contributed by atoms with Gasteiger partial charge in [0.2, 0.25) is 0 Å². The lowest BCUT2D eigenvalue weighted by Crippen LogP contribution is -2.13. The van der Waals surface area contributed by atoms with Crippen molar-refractivity contribution in [2.75, 3.05) is 14.2 Å². The lowest BCUT2D eigenvalue weighted by molar-refractivity contribution is 0.0549. The van der Waals surface area contributed by atoms with Crippen molar-refractivity contribution in [3.63, 3.8) is 0 Å². The Labute approximate surface area is 113 Å². The summed E-state index contributed by atoms with van der Waals surface area (Å²) in [6.07, 6.45) is 1.38. The van der Waals surface area contributed by atoms with Gasteiger partial charge < -0.3 is 19.7 Å². The number of pyridine rings is 1. The minimum atomic E-state index is -0.981. The van der Waals surface area contributed by atoms with Crippen LogP contribution in [0.1, 0.15) is 20.7 Å². The maximum atomic E-state index is 11.7. The number of benzene rings is 1. The standard InChI is InChI=1S/C13H11NO6/c1-19-12(17)7-8(13(18)20-2)11(16)9-6(10(7)15)4-3-5-14-9/h3-5,15-16H,1-2H3. The molecule has 0 fully saturated rings. The molecule has 104 valence electrons. The molecule has 0 aliphatic heterocycles. The van der Waals surface area contributed by atoms with Gasteiger partial charge in [0.1, 0.15) is 22.4 Å². The summed E-state index contributed by atoms with van der Waals surface area (Å²) in [6, 6.07) is 2.96. The lowest BCUT2D eigenvalue weighted by Gasteiger charge is -2.13. The van der Waals surface area contributed by atoms with E-state index in [-0.39, 0.29) is 10.9 Å². The molecule has 1 aromatic heterocycles. The summed E-state index contributed by atoms with van der Waals surface area (Å²) in [7, 11) is 2.18. The Balaban J connectivity index is 2.96. The fourth-order valence-electron chi connectivity index (χ4n) is 1.88. The molecule has 0 spiro atoms. The van der Waals surface area contributed by atoms with Gasteiger partial charge in [0.25, 0.3) is 0 Å². The highest BCUT2D eigenvalue weighted by atomic mass is 16.5. The fourth-order valence-corrected chi connectivity index (χ4v) is 1.88. The molecule has 2 N–H and O–H groups in total. The first-order chi connectivity index (χ1) is 9.52. The Hall–Kier alpha value is -2.83. The highest BCUT2D eigenvalue weighted by Crippen LogP contribution is 2.39. The van der Waals surface area contributed by atoms with E-state index in [2.05, 4.69) is 14.5 Å². The quantitative estimate of drug-likeness (QED) is 0.627. The summed E-state index contributed by atoms with van der Waals surface area (Å²) in [5.41, 5.74) is -0.960. The van der Waals surface area contributed by atoms with Crippen molar-refractivity contribution >= 4 is 22.8 Å². The minimum absolute atomic E-state index is 0.0157. The monoisotopic (exact) mass is 277 g/mol. The third-order valence-electron chi connectivity index (χ3n) is 2.79. The second-order valence-corrected chi connectivity index (χ2v) is 3.83. The summed E-state index contributed by atoms with van der Waals surface area (Å²) in [4.78, 5) is 27.4. The molecule has 2 aromatic rings. The van der Waals surface area contributed by atoms with Crippen LogP contribution < -0.4 is 0 Å². The van der Waals surface area contributed by atoms with Crippen molar-refractivity contribution in [3.05, 3.63) is 29.5 Å². The van der Waals surface area contributed by atoms with Gasteiger partial charge in [-0.1, -0.05) is 0 Å². The maximum absolute atomic E-state index is 11.7. The number of esters is 2. The van der Waals surface area contributed by atoms with Gasteiger partial charge >= 0.3 is 11.9 Å². The van der Waals surface area contributed by atoms with E-state index in [4.69, 9.17) is 0 Å². The van der Waals surface area contributed by atoms with Crippen LogP contribution in [0.25, 0.3) is 10.9 Å². The highest BCUT2D eigenvalue weighted by Gasteiger charge is 2.30. The molecule has 0 saturated carbocycles. The van der Waals surface area contributed by atoms with Gasteiger partial charge in [-0.15, -0.1) is 0 Å². The SMILES string of the molecule is COC(=O)c1c(C(=O)OC)c(O)c2ncccc2c1O. The van der Waals surface area contributed by atoms with Gasteiger partial charge in [-0.2, -0.15) is 0 Å². The van der Waals surface area contributed by atoms with Crippen LogP contribution in [0.3, 0.4) is 0 Å². The lowest BCUT2D eigenvalue weighted by atomic mass is 10.0. The molecule has 20 heavy (non-hydrogen) atoms. The number of nitrogens with zero attached hydrogens (tertiary/aromatic N) is 1. The summed E-state index contributed by atoms with van der Waals surface area (Å²) in [6.45, 7) is 0. The number of phenolic OH excluding ortho intramolecular Hbond substituents is 2. The van der Waals surface area contributed by atoms with E-state index in [9.17, 15) is 19.8 Å². The first-order valence-corrected chi connectivity index (χ1v) is 5.52. The van der Waals surface area contributed by atoms with Gasteiger partial charge in [0.05, 0.1) is 14.2 Å². The third kappa shape index (κ3) is 1.89. The third-order valence-corrected chi connectivity index (χ3v) is 2.79.